The van der Waals surface area contributed by atoms with E-state index in [2.05, 4.69) is 288 Å². The van der Waals surface area contributed by atoms with E-state index in [9.17, 15) is 0 Å². The molecule has 0 aliphatic carbocycles. The highest BCUT2D eigenvalue weighted by Gasteiger charge is 2.45. The van der Waals surface area contributed by atoms with Crippen LogP contribution >= 0.6 is 0 Å². The Hall–Kier alpha value is -7.36. The van der Waals surface area contributed by atoms with Gasteiger partial charge in [0.05, 0.1) is 11.0 Å². The lowest BCUT2D eigenvalue weighted by atomic mass is 9.31. The molecule has 1 atom stereocenters. The molecule has 2 nitrogen and oxygen atoms in total. The summed E-state index contributed by atoms with van der Waals surface area (Å²) in [4.78, 5) is 2.67. The molecule has 0 N–H and O–H groups in total. The molecule has 3 heterocycles. The maximum absolute atomic E-state index is 2.67. The summed E-state index contributed by atoms with van der Waals surface area (Å²) in [5.41, 5.74) is 28.0. The second-order valence-electron chi connectivity index (χ2n) is 26.5. The molecule has 0 saturated carbocycles. The Morgan fingerprint density at radius 2 is 0.842 bits per heavy atom. The first kappa shape index (κ1) is 49.5. The predicted octanol–water partition coefficient (Wildman–Crippen LogP) is 17.7. The zero-order valence-electron chi connectivity index (χ0n) is 47.4. The SMILES string of the molecule is Cc1ccc2c(c1)c1cc(C)ccc1n2-c1cc2c3c(c1)N(c1cc(C(C)(C)C)cc(C(C)(C)C)c1)c1ccc(-c4ccccc4)cc1B3c1cc(-c3ccccc3)ccc1C2c1cc(C(C)(C)C)cc(C(C)(C)C)c1. The average Bonchev–Trinajstić information content (AvgIpc) is 3.79. The summed E-state index contributed by atoms with van der Waals surface area (Å²) < 4.78 is 2.57. The van der Waals surface area contributed by atoms with E-state index in [1.165, 1.54) is 133 Å². The second kappa shape index (κ2) is 17.6. The lowest BCUT2D eigenvalue weighted by Gasteiger charge is -2.44. The van der Waals surface area contributed by atoms with E-state index >= 15 is 0 Å². The first-order valence-corrected chi connectivity index (χ1v) is 27.7. The van der Waals surface area contributed by atoms with Gasteiger partial charge in [-0.2, -0.15) is 0 Å². The van der Waals surface area contributed by atoms with Crippen LogP contribution in [0.25, 0.3) is 49.7 Å². The van der Waals surface area contributed by atoms with E-state index < -0.39 is 0 Å². The number of fused-ring (bicyclic) bond motifs is 7. The van der Waals surface area contributed by atoms with E-state index in [0.717, 1.165) is 0 Å². The standard InChI is InChI=1S/C73H73BN2/c1-45-25-30-64-59(33-45)60-34-46(2)26-31-65(60)75(64)57-43-61-68(51-35-52(70(3,4)5)39-53(36-51)71(6,7)8)58-29-27-49(47-21-17-15-18-22-47)37-62(58)74-63-38-50(48-23-19-16-20-24-48)28-32-66(63)76(67(44-57)69(61)74)56-41-54(72(9,10)11)40-55(42-56)73(12,13)14/h15-44,68H,1-14H3. The molecule has 1 aromatic heterocycles. The smallest absolute Gasteiger partial charge is 0.247 e. The molecule has 12 rings (SSSR count). The van der Waals surface area contributed by atoms with Gasteiger partial charge in [0.1, 0.15) is 0 Å². The molecule has 0 spiro atoms. The highest BCUT2D eigenvalue weighted by atomic mass is 15.2. The Morgan fingerprint density at radius 1 is 0.368 bits per heavy atom. The van der Waals surface area contributed by atoms with Crippen molar-refractivity contribution in [3.63, 3.8) is 0 Å². The van der Waals surface area contributed by atoms with Crippen LogP contribution in [0.1, 0.15) is 139 Å². The predicted molar refractivity (Wildman–Crippen MR) is 329 cm³/mol. The summed E-state index contributed by atoms with van der Waals surface area (Å²) in [7, 11) is 0. The molecule has 2 aliphatic rings. The molecular formula is C73H73BN2. The van der Waals surface area contributed by atoms with Crippen LogP contribution in [0.3, 0.4) is 0 Å². The van der Waals surface area contributed by atoms with Crippen molar-refractivity contribution in [2.24, 2.45) is 0 Å². The largest absolute Gasteiger partial charge is 0.311 e. The zero-order chi connectivity index (χ0) is 53.4. The summed E-state index contributed by atoms with van der Waals surface area (Å²) in [5, 5.41) is 2.57. The number of aromatic nitrogens is 1. The van der Waals surface area contributed by atoms with Gasteiger partial charge < -0.3 is 9.47 Å². The minimum Gasteiger partial charge on any atom is -0.311 e. The number of hydrogen-bond acceptors (Lipinski definition) is 1. The number of nitrogens with zero attached hydrogens (tertiary/aromatic N) is 2. The maximum Gasteiger partial charge on any atom is 0.247 e. The molecule has 0 saturated heterocycles. The van der Waals surface area contributed by atoms with E-state index in [1.807, 2.05) is 0 Å². The van der Waals surface area contributed by atoms with Gasteiger partial charge >= 0.3 is 0 Å². The van der Waals surface area contributed by atoms with Crippen molar-refractivity contribution in [2.75, 3.05) is 4.90 Å². The quantitative estimate of drug-likeness (QED) is 0.156. The van der Waals surface area contributed by atoms with E-state index in [4.69, 9.17) is 0 Å². The van der Waals surface area contributed by atoms with Crippen LogP contribution in [0.4, 0.5) is 17.1 Å². The molecule has 378 valence electrons. The Bertz CT molecular complexity index is 3620. The van der Waals surface area contributed by atoms with Gasteiger partial charge in [0.2, 0.25) is 6.71 Å². The molecule has 3 heteroatoms. The van der Waals surface area contributed by atoms with Crippen molar-refractivity contribution in [3.8, 4) is 27.9 Å². The lowest BCUT2D eigenvalue weighted by Crippen LogP contribution is -2.62. The Labute approximate surface area is 453 Å². The molecule has 0 fully saturated rings. The summed E-state index contributed by atoms with van der Waals surface area (Å²) in [5.74, 6) is -0.0718. The van der Waals surface area contributed by atoms with Crippen molar-refractivity contribution < 1.29 is 0 Å². The molecule has 10 aromatic rings. The summed E-state index contributed by atoms with van der Waals surface area (Å²) in [6.07, 6.45) is 0. The fourth-order valence-corrected chi connectivity index (χ4v) is 12.4. The third-order valence-corrected chi connectivity index (χ3v) is 16.8. The minimum absolute atomic E-state index is 0.0619. The molecule has 0 amide bonds. The fourth-order valence-electron chi connectivity index (χ4n) is 12.4. The van der Waals surface area contributed by atoms with E-state index in [-0.39, 0.29) is 34.3 Å². The van der Waals surface area contributed by atoms with Gasteiger partial charge in [-0.15, -0.1) is 0 Å². The molecular weight excluding hydrogens is 916 g/mol. The van der Waals surface area contributed by atoms with Crippen molar-refractivity contribution in [1.29, 1.82) is 0 Å². The number of hydrogen-bond donors (Lipinski definition) is 0. The minimum atomic E-state index is -0.0878. The van der Waals surface area contributed by atoms with Crippen LogP contribution in [0.2, 0.25) is 0 Å². The Kier molecular flexibility index (Phi) is 11.5. The van der Waals surface area contributed by atoms with Gasteiger partial charge in [-0.05, 0) is 162 Å². The third kappa shape index (κ3) is 8.42. The first-order chi connectivity index (χ1) is 36.0. The molecule has 1 unspecified atom stereocenters. The molecule has 76 heavy (non-hydrogen) atoms. The topological polar surface area (TPSA) is 8.17 Å². The fraction of sp³-hybridized carbons (Fsp3) is 0.260. The van der Waals surface area contributed by atoms with Gasteiger partial charge in [0.15, 0.2) is 0 Å². The van der Waals surface area contributed by atoms with E-state index in [1.54, 1.807) is 0 Å². The maximum atomic E-state index is 2.67. The van der Waals surface area contributed by atoms with Crippen molar-refractivity contribution in [3.05, 3.63) is 232 Å². The highest BCUT2D eigenvalue weighted by Crippen LogP contribution is 2.48. The van der Waals surface area contributed by atoms with Crippen molar-refractivity contribution in [1.82, 2.24) is 4.57 Å². The van der Waals surface area contributed by atoms with Crippen LogP contribution in [0.15, 0.2) is 182 Å². The summed E-state index contributed by atoms with van der Waals surface area (Å²) in [6, 6.07) is 71.1. The molecule has 0 radical (unpaired) electrons. The van der Waals surface area contributed by atoms with Crippen LogP contribution in [0.5, 0.6) is 0 Å². The highest BCUT2D eigenvalue weighted by molar-refractivity contribution is 6.99. The average molecular weight is 989 g/mol. The molecule has 9 aromatic carbocycles. The number of anilines is 3. The van der Waals surface area contributed by atoms with Crippen LogP contribution in [0, 0.1) is 13.8 Å². The van der Waals surface area contributed by atoms with Crippen molar-refractivity contribution >= 4 is 62.0 Å². The number of aryl methyl sites for hydroxylation is 2. The van der Waals surface area contributed by atoms with Gasteiger partial charge in [0, 0.05) is 39.4 Å². The van der Waals surface area contributed by atoms with Gasteiger partial charge in [0.25, 0.3) is 0 Å². The Balaban J connectivity index is 1.28. The monoisotopic (exact) mass is 989 g/mol. The van der Waals surface area contributed by atoms with Crippen molar-refractivity contribution in [2.45, 2.75) is 125 Å². The van der Waals surface area contributed by atoms with Crippen LogP contribution < -0.4 is 21.3 Å². The van der Waals surface area contributed by atoms with E-state index in [0.29, 0.717) is 0 Å². The Morgan fingerprint density at radius 3 is 1.34 bits per heavy atom. The number of benzene rings is 9. The normalized spacial score (nSPS) is 14.5. The van der Waals surface area contributed by atoms with Crippen LogP contribution in [-0.4, -0.2) is 11.3 Å². The molecule has 2 aliphatic heterocycles. The lowest BCUT2D eigenvalue weighted by molar-refractivity contribution is 0.566. The summed E-state index contributed by atoms with van der Waals surface area (Å²) >= 11 is 0. The molecule has 0 bridgehead atoms. The third-order valence-electron chi connectivity index (χ3n) is 16.8. The first-order valence-electron chi connectivity index (χ1n) is 27.7. The second-order valence-corrected chi connectivity index (χ2v) is 26.5. The van der Waals surface area contributed by atoms with Gasteiger partial charge in [-0.1, -0.05) is 227 Å². The van der Waals surface area contributed by atoms with Gasteiger partial charge in [-0.25, -0.2) is 0 Å². The van der Waals surface area contributed by atoms with Crippen LogP contribution in [-0.2, 0) is 21.7 Å². The summed E-state index contributed by atoms with van der Waals surface area (Å²) in [6.45, 7) is 32.8. The number of rotatable bonds is 5. The zero-order valence-corrected chi connectivity index (χ0v) is 47.4. The van der Waals surface area contributed by atoms with Gasteiger partial charge in [-0.3, -0.25) is 0 Å².